The van der Waals surface area contributed by atoms with Gasteiger partial charge in [-0.15, -0.1) is 5.06 Å². The summed E-state index contributed by atoms with van der Waals surface area (Å²) >= 11 is 0. The molecule has 1 aliphatic heterocycles. The summed E-state index contributed by atoms with van der Waals surface area (Å²) in [5, 5.41) is 11.3. The van der Waals surface area contributed by atoms with Crippen molar-refractivity contribution in [2.45, 2.75) is 6.10 Å². The van der Waals surface area contributed by atoms with Gasteiger partial charge in [-0.1, -0.05) is 18.2 Å². The number of rotatable bonds is 3. The molecular weight excluding hydrogens is 272 g/mol. The molecule has 1 aromatic heterocycles. The molecule has 1 N–H and O–H groups in total. The molecule has 2 heterocycles. The van der Waals surface area contributed by atoms with E-state index in [2.05, 4.69) is 4.98 Å². The molecule has 0 radical (unpaired) electrons. The van der Waals surface area contributed by atoms with Crippen LogP contribution in [0.4, 0.5) is 0 Å². The highest BCUT2D eigenvalue weighted by molar-refractivity contribution is 5.89. The third kappa shape index (κ3) is 3.18. The van der Waals surface area contributed by atoms with Crippen molar-refractivity contribution in [1.82, 2.24) is 10.0 Å². The molecule has 0 saturated heterocycles. The van der Waals surface area contributed by atoms with E-state index in [1.807, 2.05) is 6.07 Å². The number of β-amino-alcohol motifs (C(OH)–C–C–N with tert-alkyl or cyclic N) is 1. The summed E-state index contributed by atoms with van der Waals surface area (Å²) in [7, 11) is 0. The second-order valence-corrected chi connectivity index (χ2v) is 4.66. The standard InChI is InChI=1S/C15H14N2O4/c18-13-8-12(14-16-6-7-20-14)9-17(10-13)21-15(19)11-4-2-1-3-5-11/h1-8,13,18H,9-10H2. The van der Waals surface area contributed by atoms with Crippen molar-refractivity contribution in [2.24, 2.45) is 0 Å². The van der Waals surface area contributed by atoms with Crippen LogP contribution in [0, 0.1) is 0 Å². The second kappa shape index (κ2) is 5.90. The summed E-state index contributed by atoms with van der Waals surface area (Å²) in [4.78, 5) is 21.3. The molecule has 6 heteroatoms. The van der Waals surface area contributed by atoms with Gasteiger partial charge in [-0.3, -0.25) is 0 Å². The number of oxazole rings is 1. The second-order valence-electron chi connectivity index (χ2n) is 4.66. The summed E-state index contributed by atoms with van der Waals surface area (Å²) in [5.41, 5.74) is 1.14. The molecule has 0 aliphatic carbocycles. The normalized spacial score (nSPS) is 19.1. The quantitative estimate of drug-likeness (QED) is 0.921. The smallest absolute Gasteiger partial charge is 0.357 e. The number of carbonyl (C=O) groups is 1. The Morgan fingerprint density at radius 1 is 1.38 bits per heavy atom. The first kappa shape index (κ1) is 13.5. The Balaban J connectivity index is 1.70. The third-order valence-corrected chi connectivity index (χ3v) is 3.06. The lowest BCUT2D eigenvalue weighted by atomic mass is 10.1. The number of carbonyl (C=O) groups excluding carboxylic acids is 1. The highest BCUT2D eigenvalue weighted by Gasteiger charge is 2.25. The highest BCUT2D eigenvalue weighted by Crippen LogP contribution is 2.20. The number of hydroxylamine groups is 2. The molecule has 0 bridgehead atoms. The van der Waals surface area contributed by atoms with E-state index < -0.39 is 12.1 Å². The van der Waals surface area contributed by atoms with Gasteiger partial charge in [-0.05, 0) is 18.2 Å². The lowest BCUT2D eigenvalue weighted by Gasteiger charge is -2.27. The number of hydrogen-bond acceptors (Lipinski definition) is 6. The average Bonchev–Trinajstić information content (AvgIpc) is 3.02. The molecule has 1 unspecified atom stereocenters. The van der Waals surface area contributed by atoms with Crippen LogP contribution in [0.3, 0.4) is 0 Å². The Morgan fingerprint density at radius 2 is 2.19 bits per heavy atom. The van der Waals surface area contributed by atoms with Crippen LogP contribution in [0.15, 0.2) is 53.3 Å². The molecule has 108 valence electrons. The van der Waals surface area contributed by atoms with Gasteiger partial charge < -0.3 is 14.4 Å². The molecule has 21 heavy (non-hydrogen) atoms. The van der Waals surface area contributed by atoms with E-state index >= 15 is 0 Å². The van der Waals surface area contributed by atoms with E-state index in [-0.39, 0.29) is 6.54 Å². The number of aliphatic hydroxyl groups excluding tert-OH is 1. The van der Waals surface area contributed by atoms with Crippen molar-refractivity contribution in [2.75, 3.05) is 13.1 Å². The number of benzene rings is 1. The Hall–Kier alpha value is -2.44. The predicted molar refractivity (Wildman–Crippen MR) is 73.9 cm³/mol. The molecule has 0 saturated carbocycles. The van der Waals surface area contributed by atoms with E-state index in [9.17, 15) is 9.90 Å². The van der Waals surface area contributed by atoms with Gasteiger partial charge in [-0.2, -0.15) is 0 Å². The SMILES string of the molecule is O=C(ON1CC(c2ncco2)=CC(O)C1)c1ccccc1. The number of aliphatic hydroxyl groups is 1. The van der Waals surface area contributed by atoms with Crippen LogP contribution in [-0.2, 0) is 4.84 Å². The Labute approximate surface area is 121 Å². The van der Waals surface area contributed by atoms with Crippen molar-refractivity contribution in [3.8, 4) is 0 Å². The zero-order valence-electron chi connectivity index (χ0n) is 11.2. The van der Waals surface area contributed by atoms with Gasteiger partial charge >= 0.3 is 5.97 Å². The van der Waals surface area contributed by atoms with E-state index in [0.29, 0.717) is 23.6 Å². The highest BCUT2D eigenvalue weighted by atomic mass is 16.7. The fraction of sp³-hybridized carbons (Fsp3) is 0.200. The maximum atomic E-state index is 12.0. The Kier molecular flexibility index (Phi) is 3.81. The molecule has 0 amide bonds. The van der Waals surface area contributed by atoms with Gasteiger partial charge in [0.1, 0.15) is 6.26 Å². The summed E-state index contributed by atoms with van der Waals surface area (Å²) < 4.78 is 5.20. The molecule has 2 aromatic rings. The zero-order chi connectivity index (χ0) is 14.7. The van der Waals surface area contributed by atoms with Crippen molar-refractivity contribution in [3.05, 3.63) is 60.3 Å². The molecular formula is C15H14N2O4. The van der Waals surface area contributed by atoms with Gasteiger partial charge in [0.25, 0.3) is 0 Å². The Morgan fingerprint density at radius 3 is 2.90 bits per heavy atom. The van der Waals surface area contributed by atoms with Crippen LogP contribution in [0.5, 0.6) is 0 Å². The average molecular weight is 286 g/mol. The van der Waals surface area contributed by atoms with Crippen LogP contribution in [-0.4, -0.2) is 40.3 Å². The molecule has 1 aromatic carbocycles. The van der Waals surface area contributed by atoms with Crippen LogP contribution < -0.4 is 0 Å². The summed E-state index contributed by atoms with van der Waals surface area (Å²) in [6.07, 6.45) is 3.89. The largest absolute Gasteiger partial charge is 0.445 e. The van der Waals surface area contributed by atoms with Gasteiger partial charge in [0.2, 0.25) is 5.89 Å². The molecule has 0 spiro atoms. The first-order chi connectivity index (χ1) is 10.2. The summed E-state index contributed by atoms with van der Waals surface area (Å²) in [6.45, 7) is 0.527. The fourth-order valence-electron chi connectivity index (χ4n) is 2.14. The van der Waals surface area contributed by atoms with Crippen molar-refractivity contribution in [3.63, 3.8) is 0 Å². The first-order valence-corrected chi connectivity index (χ1v) is 6.53. The minimum Gasteiger partial charge on any atom is -0.445 e. The number of aromatic nitrogens is 1. The van der Waals surface area contributed by atoms with Crippen LogP contribution in [0.2, 0.25) is 0 Å². The maximum Gasteiger partial charge on any atom is 0.357 e. The molecule has 3 rings (SSSR count). The van der Waals surface area contributed by atoms with Crippen LogP contribution in [0.25, 0.3) is 5.57 Å². The van der Waals surface area contributed by atoms with Gasteiger partial charge in [0.05, 0.1) is 31.0 Å². The van der Waals surface area contributed by atoms with Gasteiger partial charge in [0.15, 0.2) is 0 Å². The van der Waals surface area contributed by atoms with Crippen molar-refractivity contribution in [1.29, 1.82) is 0 Å². The van der Waals surface area contributed by atoms with Crippen LogP contribution >= 0.6 is 0 Å². The monoisotopic (exact) mass is 286 g/mol. The first-order valence-electron chi connectivity index (χ1n) is 6.53. The van der Waals surface area contributed by atoms with Crippen molar-refractivity contribution < 1.29 is 19.2 Å². The summed E-state index contributed by atoms with van der Waals surface area (Å²) in [5.74, 6) is -0.0500. The van der Waals surface area contributed by atoms with Gasteiger partial charge in [-0.25, -0.2) is 9.78 Å². The topological polar surface area (TPSA) is 75.8 Å². The predicted octanol–water partition coefficient (Wildman–Crippen LogP) is 1.51. The number of hydrogen-bond donors (Lipinski definition) is 1. The zero-order valence-corrected chi connectivity index (χ0v) is 11.2. The van der Waals surface area contributed by atoms with E-state index in [0.717, 1.165) is 0 Å². The minimum absolute atomic E-state index is 0.211. The lowest BCUT2D eigenvalue weighted by molar-refractivity contribution is -0.116. The van der Waals surface area contributed by atoms with Gasteiger partial charge in [0, 0.05) is 5.57 Å². The van der Waals surface area contributed by atoms with Crippen LogP contribution in [0.1, 0.15) is 16.2 Å². The lowest BCUT2D eigenvalue weighted by Crippen LogP contribution is -2.38. The van der Waals surface area contributed by atoms with E-state index in [1.54, 1.807) is 30.3 Å². The van der Waals surface area contributed by atoms with E-state index in [1.165, 1.54) is 17.5 Å². The molecule has 1 atom stereocenters. The third-order valence-electron chi connectivity index (χ3n) is 3.06. The number of nitrogens with zero attached hydrogens (tertiary/aromatic N) is 2. The van der Waals surface area contributed by atoms with Crippen molar-refractivity contribution >= 4 is 11.5 Å². The Bertz CT molecular complexity index is 637. The maximum absolute atomic E-state index is 12.0. The molecule has 6 nitrogen and oxygen atoms in total. The fourth-order valence-corrected chi connectivity index (χ4v) is 2.14. The minimum atomic E-state index is -0.746. The van der Waals surface area contributed by atoms with E-state index in [4.69, 9.17) is 9.25 Å². The molecule has 0 fully saturated rings. The summed E-state index contributed by atoms with van der Waals surface area (Å²) in [6, 6.07) is 8.70. The molecule has 1 aliphatic rings.